The summed E-state index contributed by atoms with van der Waals surface area (Å²) < 4.78 is 20.9. The Balaban J connectivity index is 1.45. The molecular formula is C22H18ClFN2O3S. The lowest BCUT2D eigenvalue weighted by Crippen LogP contribution is -2.29. The molecule has 4 aromatic rings. The maximum absolute atomic E-state index is 13.6. The van der Waals surface area contributed by atoms with Crippen molar-refractivity contribution in [3.05, 3.63) is 87.7 Å². The van der Waals surface area contributed by atoms with Crippen molar-refractivity contribution in [3.8, 4) is 10.4 Å². The lowest BCUT2D eigenvalue weighted by atomic mass is 10.2. The molecule has 2 aromatic carbocycles. The SMILES string of the molecule is O=c1c2sc(-c3ccc(Cl)cc3)cc2ncn1C[C@@H](O)COCc1ccccc1F. The Kier molecular flexibility index (Phi) is 6.24. The van der Waals surface area contributed by atoms with Crippen molar-refractivity contribution in [1.82, 2.24) is 9.55 Å². The number of aliphatic hydroxyl groups excluding tert-OH is 1. The van der Waals surface area contributed by atoms with Crippen molar-refractivity contribution in [1.29, 1.82) is 0 Å². The van der Waals surface area contributed by atoms with Crippen LogP contribution in [0.2, 0.25) is 5.02 Å². The maximum atomic E-state index is 13.6. The molecule has 8 heteroatoms. The van der Waals surface area contributed by atoms with Gasteiger partial charge in [-0.2, -0.15) is 0 Å². The topological polar surface area (TPSA) is 64.4 Å². The first kappa shape index (κ1) is 20.7. The Morgan fingerprint density at radius 1 is 1.20 bits per heavy atom. The summed E-state index contributed by atoms with van der Waals surface area (Å²) in [6.45, 7) is 0.0534. The van der Waals surface area contributed by atoms with Crippen molar-refractivity contribution < 1.29 is 14.2 Å². The lowest BCUT2D eigenvalue weighted by Gasteiger charge is -2.13. The summed E-state index contributed by atoms with van der Waals surface area (Å²) in [7, 11) is 0. The summed E-state index contributed by atoms with van der Waals surface area (Å²) in [6, 6.07) is 15.5. The summed E-state index contributed by atoms with van der Waals surface area (Å²) in [5, 5.41) is 10.9. The van der Waals surface area contributed by atoms with Crippen LogP contribution in [0.25, 0.3) is 20.7 Å². The average Bonchev–Trinajstić information content (AvgIpc) is 3.17. The number of fused-ring (bicyclic) bond motifs is 1. The molecule has 0 amide bonds. The average molecular weight is 445 g/mol. The molecule has 0 saturated heterocycles. The van der Waals surface area contributed by atoms with Gasteiger partial charge in [0.05, 0.1) is 37.7 Å². The molecule has 2 aromatic heterocycles. The number of aromatic nitrogens is 2. The third-order valence-corrected chi connectivity index (χ3v) is 5.98. The van der Waals surface area contributed by atoms with Gasteiger partial charge in [0.1, 0.15) is 10.5 Å². The highest BCUT2D eigenvalue weighted by Crippen LogP contribution is 2.31. The van der Waals surface area contributed by atoms with Gasteiger partial charge >= 0.3 is 0 Å². The zero-order valence-corrected chi connectivity index (χ0v) is 17.4. The van der Waals surface area contributed by atoms with Crippen LogP contribution in [0.5, 0.6) is 0 Å². The number of benzene rings is 2. The Hall–Kier alpha value is -2.58. The summed E-state index contributed by atoms with van der Waals surface area (Å²) in [5.41, 5.74) is 1.75. The Morgan fingerprint density at radius 3 is 2.73 bits per heavy atom. The normalized spacial score (nSPS) is 12.4. The number of aliphatic hydroxyl groups is 1. The molecule has 1 N–H and O–H groups in total. The number of halogens is 2. The fourth-order valence-electron chi connectivity index (χ4n) is 3.03. The summed E-state index contributed by atoms with van der Waals surface area (Å²) >= 11 is 7.28. The molecule has 0 bridgehead atoms. The van der Waals surface area contributed by atoms with Gasteiger partial charge in [-0.3, -0.25) is 9.36 Å². The fraction of sp³-hybridized carbons (Fsp3) is 0.182. The molecule has 0 aliphatic rings. The predicted molar refractivity (Wildman–Crippen MR) is 116 cm³/mol. The van der Waals surface area contributed by atoms with Gasteiger partial charge in [0.15, 0.2) is 0 Å². The number of thiophene rings is 1. The van der Waals surface area contributed by atoms with Crippen LogP contribution in [0, 0.1) is 5.82 Å². The molecule has 154 valence electrons. The van der Waals surface area contributed by atoms with Gasteiger partial charge in [-0.05, 0) is 29.8 Å². The zero-order valence-electron chi connectivity index (χ0n) is 15.8. The molecule has 0 radical (unpaired) electrons. The molecule has 4 rings (SSSR count). The summed E-state index contributed by atoms with van der Waals surface area (Å²) in [5.74, 6) is -0.355. The maximum Gasteiger partial charge on any atom is 0.271 e. The molecule has 0 fully saturated rings. The van der Waals surface area contributed by atoms with E-state index in [9.17, 15) is 14.3 Å². The van der Waals surface area contributed by atoms with E-state index in [0.717, 1.165) is 10.4 Å². The van der Waals surface area contributed by atoms with Gasteiger partial charge in [-0.25, -0.2) is 9.37 Å². The molecule has 0 spiro atoms. The number of nitrogens with zero attached hydrogens (tertiary/aromatic N) is 2. The smallest absolute Gasteiger partial charge is 0.271 e. The third kappa shape index (κ3) is 4.60. The first-order valence-corrected chi connectivity index (χ1v) is 10.4. The fourth-order valence-corrected chi connectivity index (χ4v) is 4.22. The number of rotatable bonds is 7. The van der Waals surface area contributed by atoms with E-state index < -0.39 is 6.10 Å². The first-order valence-electron chi connectivity index (χ1n) is 9.25. The molecule has 1 atom stereocenters. The van der Waals surface area contributed by atoms with E-state index in [1.54, 1.807) is 30.3 Å². The molecule has 0 aliphatic heterocycles. The molecular weight excluding hydrogens is 427 g/mol. The van der Waals surface area contributed by atoms with Crippen LogP contribution in [0.3, 0.4) is 0 Å². The monoisotopic (exact) mass is 444 g/mol. The van der Waals surface area contributed by atoms with Crippen LogP contribution in [0.15, 0.2) is 65.7 Å². The van der Waals surface area contributed by atoms with Crippen LogP contribution in [-0.4, -0.2) is 27.4 Å². The van der Waals surface area contributed by atoms with Crippen molar-refractivity contribution in [2.45, 2.75) is 19.3 Å². The van der Waals surface area contributed by atoms with Gasteiger partial charge in [-0.1, -0.05) is 41.9 Å². The van der Waals surface area contributed by atoms with E-state index in [1.807, 2.05) is 18.2 Å². The van der Waals surface area contributed by atoms with Crippen molar-refractivity contribution >= 4 is 33.2 Å². The van der Waals surface area contributed by atoms with Gasteiger partial charge in [-0.15, -0.1) is 11.3 Å². The second-order valence-electron chi connectivity index (χ2n) is 6.79. The van der Waals surface area contributed by atoms with Crippen LogP contribution < -0.4 is 5.56 Å². The molecule has 0 aliphatic carbocycles. The number of ether oxygens (including phenoxy) is 1. The Bertz CT molecular complexity index is 1220. The second-order valence-corrected chi connectivity index (χ2v) is 8.28. The first-order chi connectivity index (χ1) is 14.5. The Morgan fingerprint density at radius 2 is 1.97 bits per heavy atom. The number of hydrogen-bond acceptors (Lipinski definition) is 5. The molecule has 0 saturated carbocycles. The summed E-state index contributed by atoms with van der Waals surface area (Å²) in [4.78, 5) is 18.1. The third-order valence-electron chi connectivity index (χ3n) is 4.57. The van der Waals surface area contributed by atoms with Gasteiger partial charge in [0.25, 0.3) is 5.56 Å². The van der Waals surface area contributed by atoms with E-state index in [1.165, 1.54) is 28.3 Å². The highest BCUT2D eigenvalue weighted by molar-refractivity contribution is 7.22. The molecule has 2 heterocycles. The quantitative estimate of drug-likeness (QED) is 0.456. The molecule has 5 nitrogen and oxygen atoms in total. The standard InChI is InChI=1S/C22H18ClFN2O3S/c23-16-7-5-14(6-8-16)20-9-19-21(30-20)22(28)26(13-25-19)10-17(27)12-29-11-15-3-1-2-4-18(15)24/h1-9,13,17,27H,10-12H2/t17-/m1/s1. The van der Waals surface area contributed by atoms with Gasteiger partial charge < -0.3 is 9.84 Å². The van der Waals surface area contributed by atoms with Crippen LogP contribution in [0.1, 0.15) is 5.56 Å². The van der Waals surface area contributed by atoms with E-state index >= 15 is 0 Å². The van der Waals surface area contributed by atoms with Crippen LogP contribution >= 0.6 is 22.9 Å². The highest BCUT2D eigenvalue weighted by Gasteiger charge is 2.13. The van der Waals surface area contributed by atoms with Crippen molar-refractivity contribution in [2.75, 3.05) is 6.61 Å². The van der Waals surface area contributed by atoms with E-state index in [0.29, 0.717) is 20.8 Å². The van der Waals surface area contributed by atoms with Crippen molar-refractivity contribution in [2.24, 2.45) is 0 Å². The van der Waals surface area contributed by atoms with Gasteiger partial charge in [0.2, 0.25) is 0 Å². The largest absolute Gasteiger partial charge is 0.389 e. The minimum atomic E-state index is -0.926. The minimum Gasteiger partial charge on any atom is -0.389 e. The minimum absolute atomic E-state index is 0.0285. The van der Waals surface area contributed by atoms with Gasteiger partial charge in [0, 0.05) is 15.5 Å². The van der Waals surface area contributed by atoms with E-state index in [2.05, 4.69) is 4.98 Å². The number of hydrogen-bond donors (Lipinski definition) is 1. The molecule has 30 heavy (non-hydrogen) atoms. The van der Waals surface area contributed by atoms with Crippen LogP contribution in [0.4, 0.5) is 4.39 Å². The van der Waals surface area contributed by atoms with Crippen LogP contribution in [-0.2, 0) is 17.9 Å². The highest BCUT2D eigenvalue weighted by atomic mass is 35.5. The Labute approximate surface area is 181 Å². The predicted octanol–water partition coefficient (Wildman–Crippen LogP) is 4.50. The zero-order chi connectivity index (χ0) is 21.1. The van der Waals surface area contributed by atoms with Crippen molar-refractivity contribution in [3.63, 3.8) is 0 Å². The summed E-state index contributed by atoms with van der Waals surface area (Å²) in [6.07, 6.45) is 0.493. The second kappa shape index (κ2) is 9.06. The van der Waals surface area contributed by atoms with E-state index in [-0.39, 0.29) is 31.1 Å². The lowest BCUT2D eigenvalue weighted by molar-refractivity contribution is 0.0189. The molecule has 0 unspecified atom stereocenters. The van der Waals surface area contributed by atoms with E-state index in [4.69, 9.17) is 16.3 Å².